The van der Waals surface area contributed by atoms with Gasteiger partial charge in [0.05, 0.1) is 56.9 Å². The summed E-state index contributed by atoms with van der Waals surface area (Å²) in [6.07, 6.45) is 3.95. The molecular formula is C59H36N4O. The van der Waals surface area contributed by atoms with Gasteiger partial charge < -0.3 is 18.1 Å². The van der Waals surface area contributed by atoms with Crippen molar-refractivity contribution < 1.29 is 4.42 Å². The minimum Gasteiger partial charge on any atom is -0.456 e. The second kappa shape index (κ2) is 13.4. The summed E-state index contributed by atoms with van der Waals surface area (Å²) in [6.45, 7) is 0. The van der Waals surface area contributed by atoms with Gasteiger partial charge in [0.25, 0.3) is 0 Å². The summed E-state index contributed by atoms with van der Waals surface area (Å²) in [6, 6.07) is 74.4. The zero-order valence-electron chi connectivity index (χ0n) is 34.5. The average Bonchev–Trinajstić information content (AvgIpc) is 4.10. The molecule has 0 aliphatic carbocycles. The van der Waals surface area contributed by atoms with Crippen LogP contribution in [0.15, 0.2) is 223 Å². The fourth-order valence-corrected chi connectivity index (χ4v) is 10.4. The molecule has 0 fully saturated rings. The van der Waals surface area contributed by atoms with Crippen LogP contribution in [0.2, 0.25) is 0 Å². The second-order valence-electron chi connectivity index (χ2n) is 16.8. The fourth-order valence-electron chi connectivity index (χ4n) is 10.4. The van der Waals surface area contributed by atoms with Crippen LogP contribution in [0.25, 0.3) is 127 Å². The Labute approximate surface area is 366 Å². The number of aromatic nitrogens is 4. The van der Waals surface area contributed by atoms with Crippen LogP contribution in [-0.4, -0.2) is 18.7 Å². The van der Waals surface area contributed by atoms with Gasteiger partial charge in [0.1, 0.15) is 11.2 Å². The highest BCUT2D eigenvalue weighted by Gasteiger charge is 2.19. The predicted molar refractivity (Wildman–Crippen MR) is 265 cm³/mol. The van der Waals surface area contributed by atoms with Crippen molar-refractivity contribution in [3.05, 3.63) is 219 Å². The standard InChI is InChI=1S/C59H36N4O/c1-2-12-37(13-3-1)38-22-26-56-48(30-38)46-16-6-10-20-54(46)61(56)41-25-29-59-51(34-41)50-32-40(24-28-58(50)64-59)39-23-27-57-49(31-39)47-17-7-11-21-55(47)63(57)43-33-42(35-60-36-43)62-52-18-8-4-14-44(52)45-15-5-9-19-53(45)62/h1-36H. The molecule has 0 N–H and O–H groups in total. The predicted octanol–water partition coefficient (Wildman–Crippen LogP) is 15.6. The van der Waals surface area contributed by atoms with Crippen LogP contribution in [0.4, 0.5) is 0 Å². The van der Waals surface area contributed by atoms with E-state index in [9.17, 15) is 0 Å². The summed E-state index contributed by atoms with van der Waals surface area (Å²) in [4.78, 5) is 4.85. The van der Waals surface area contributed by atoms with Crippen molar-refractivity contribution in [2.24, 2.45) is 0 Å². The Kier molecular flexibility index (Phi) is 7.33. The van der Waals surface area contributed by atoms with Crippen molar-refractivity contribution in [1.29, 1.82) is 0 Å². The molecule has 9 aromatic carbocycles. The van der Waals surface area contributed by atoms with Crippen LogP contribution in [-0.2, 0) is 0 Å². The molecule has 0 saturated heterocycles. The van der Waals surface area contributed by atoms with Gasteiger partial charge in [-0.25, -0.2) is 0 Å². The zero-order chi connectivity index (χ0) is 41.9. The third-order valence-corrected chi connectivity index (χ3v) is 13.3. The van der Waals surface area contributed by atoms with Crippen molar-refractivity contribution in [3.63, 3.8) is 0 Å². The molecule has 0 aliphatic rings. The molecule has 0 radical (unpaired) electrons. The fraction of sp³-hybridized carbons (Fsp3) is 0. The lowest BCUT2D eigenvalue weighted by Gasteiger charge is -2.12. The molecule has 5 heterocycles. The number of fused-ring (bicyclic) bond motifs is 12. The highest BCUT2D eigenvalue weighted by atomic mass is 16.3. The molecule has 0 saturated carbocycles. The molecular weight excluding hydrogens is 781 g/mol. The molecule has 5 heteroatoms. The number of para-hydroxylation sites is 4. The highest BCUT2D eigenvalue weighted by molar-refractivity contribution is 6.14. The number of furan rings is 1. The van der Waals surface area contributed by atoms with E-state index in [4.69, 9.17) is 9.40 Å². The van der Waals surface area contributed by atoms with Crippen LogP contribution >= 0.6 is 0 Å². The molecule has 0 aliphatic heterocycles. The first-order valence-corrected chi connectivity index (χ1v) is 21.8. The van der Waals surface area contributed by atoms with Crippen molar-refractivity contribution in [1.82, 2.24) is 18.7 Å². The zero-order valence-corrected chi connectivity index (χ0v) is 34.5. The van der Waals surface area contributed by atoms with Gasteiger partial charge in [-0.05, 0) is 107 Å². The van der Waals surface area contributed by atoms with Gasteiger partial charge in [-0.15, -0.1) is 0 Å². The molecule has 5 aromatic heterocycles. The van der Waals surface area contributed by atoms with E-state index in [0.717, 1.165) is 72.2 Å². The molecule has 64 heavy (non-hydrogen) atoms. The average molecular weight is 817 g/mol. The lowest BCUT2D eigenvalue weighted by Crippen LogP contribution is -1.99. The summed E-state index contributed by atoms with van der Waals surface area (Å²) in [5.41, 5.74) is 16.6. The number of rotatable bonds is 5. The number of nitrogens with zero attached hydrogens (tertiary/aromatic N) is 4. The Hall–Kier alpha value is -8.67. The Morgan fingerprint density at radius 3 is 1.20 bits per heavy atom. The third kappa shape index (κ3) is 5.09. The molecule has 5 nitrogen and oxygen atoms in total. The Morgan fingerprint density at radius 1 is 0.266 bits per heavy atom. The van der Waals surface area contributed by atoms with E-state index in [2.05, 4.69) is 220 Å². The van der Waals surface area contributed by atoms with E-state index >= 15 is 0 Å². The highest BCUT2D eigenvalue weighted by Crippen LogP contribution is 2.41. The Morgan fingerprint density at radius 2 is 0.656 bits per heavy atom. The maximum Gasteiger partial charge on any atom is 0.135 e. The number of hydrogen-bond acceptors (Lipinski definition) is 2. The molecule has 0 unspecified atom stereocenters. The molecule has 0 amide bonds. The van der Waals surface area contributed by atoms with Gasteiger partial charge in [0.2, 0.25) is 0 Å². The number of benzene rings is 9. The minimum absolute atomic E-state index is 0.873. The molecule has 0 atom stereocenters. The van der Waals surface area contributed by atoms with E-state index < -0.39 is 0 Å². The Balaban J connectivity index is 0.894. The van der Waals surface area contributed by atoms with E-state index in [-0.39, 0.29) is 0 Å². The van der Waals surface area contributed by atoms with Crippen LogP contribution in [0.1, 0.15) is 0 Å². The van der Waals surface area contributed by atoms with Crippen LogP contribution in [0.3, 0.4) is 0 Å². The molecule has 298 valence electrons. The van der Waals surface area contributed by atoms with Crippen molar-refractivity contribution in [2.45, 2.75) is 0 Å². The van der Waals surface area contributed by atoms with E-state index in [1.807, 2.05) is 12.4 Å². The monoisotopic (exact) mass is 816 g/mol. The van der Waals surface area contributed by atoms with E-state index in [1.54, 1.807) is 0 Å². The third-order valence-electron chi connectivity index (χ3n) is 13.3. The van der Waals surface area contributed by atoms with Crippen LogP contribution in [0.5, 0.6) is 0 Å². The second-order valence-corrected chi connectivity index (χ2v) is 16.8. The minimum atomic E-state index is 0.873. The first-order chi connectivity index (χ1) is 31.7. The van der Waals surface area contributed by atoms with Gasteiger partial charge in [0.15, 0.2) is 0 Å². The molecule has 14 rings (SSSR count). The smallest absolute Gasteiger partial charge is 0.135 e. The van der Waals surface area contributed by atoms with Crippen molar-refractivity contribution >= 4 is 87.4 Å². The number of pyridine rings is 1. The lowest BCUT2D eigenvalue weighted by molar-refractivity contribution is 0.669. The van der Waals surface area contributed by atoms with Crippen molar-refractivity contribution in [3.8, 4) is 39.3 Å². The van der Waals surface area contributed by atoms with Gasteiger partial charge in [-0.2, -0.15) is 0 Å². The summed E-state index contributed by atoms with van der Waals surface area (Å²) in [5, 5.41) is 9.51. The molecule has 0 spiro atoms. The maximum absolute atomic E-state index is 6.50. The Bertz CT molecular complexity index is 4150. The quantitative estimate of drug-likeness (QED) is 0.174. The summed E-state index contributed by atoms with van der Waals surface area (Å²) < 4.78 is 13.6. The summed E-state index contributed by atoms with van der Waals surface area (Å²) in [5.74, 6) is 0. The first kappa shape index (κ1) is 35.0. The summed E-state index contributed by atoms with van der Waals surface area (Å²) in [7, 11) is 0. The number of hydrogen-bond donors (Lipinski definition) is 0. The normalized spacial score (nSPS) is 12.1. The largest absolute Gasteiger partial charge is 0.456 e. The van der Waals surface area contributed by atoms with Gasteiger partial charge in [0, 0.05) is 48.8 Å². The van der Waals surface area contributed by atoms with Gasteiger partial charge in [-0.1, -0.05) is 121 Å². The topological polar surface area (TPSA) is 40.8 Å². The SMILES string of the molecule is c1ccc(-c2ccc3c(c2)c2ccccc2n3-c2ccc3oc4ccc(-c5ccc6c(c5)c5ccccc5n6-c5cncc(-n6c7ccccc7c7ccccc76)c5)cc4c3c2)cc1. The van der Waals surface area contributed by atoms with Crippen LogP contribution < -0.4 is 0 Å². The molecule has 14 aromatic rings. The van der Waals surface area contributed by atoms with Gasteiger partial charge in [-0.3, -0.25) is 4.98 Å². The molecule has 0 bridgehead atoms. The van der Waals surface area contributed by atoms with Crippen molar-refractivity contribution in [2.75, 3.05) is 0 Å². The maximum atomic E-state index is 6.50. The lowest BCUT2D eigenvalue weighted by atomic mass is 10.0. The summed E-state index contributed by atoms with van der Waals surface area (Å²) >= 11 is 0. The first-order valence-electron chi connectivity index (χ1n) is 21.8. The van der Waals surface area contributed by atoms with E-state index in [0.29, 0.717) is 0 Å². The van der Waals surface area contributed by atoms with Crippen LogP contribution in [0, 0.1) is 0 Å². The van der Waals surface area contributed by atoms with Gasteiger partial charge >= 0.3 is 0 Å². The van der Waals surface area contributed by atoms with E-state index in [1.165, 1.54) is 54.5 Å².